The van der Waals surface area contributed by atoms with E-state index < -0.39 is 0 Å². The largest absolute Gasteiger partial charge is 0.383 e. The summed E-state index contributed by atoms with van der Waals surface area (Å²) < 4.78 is 5.17. The minimum Gasteiger partial charge on any atom is -0.383 e. The van der Waals surface area contributed by atoms with E-state index in [1.54, 1.807) is 7.11 Å². The molecule has 0 amide bonds. The molecule has 2 rings (SSSR count). The van der Waals surface area contributed by atoms with Crippen LogP contribution in [0.3, 0.4) is 0 Å². The van der Waals surface area contributed by atoms with Crippen molar-refractivity contribution < 1.29 is 4.74 Å². The molecule has 1 heterocycles. The molecular formula is C14H28N4O. The number of ether oxygens (including phenoxy) is 1. The molecule has 0 bridgehead atoms. The summed E-state index contributed by atoms with van der Waals surface area (Å²) in [6.07, 6.45) is 5.12. The van der Waals surface area contributed by atoms with E-state index in [4.69, 9.17) is 9.73 Å². The van der Waals surface area contributed by atoms with E-state index in [1.165, 1.54) is 32.2 Å². The first-order valence-electron chi connectivity index (χ1n) is 7.61. The van der Waals surface area contributed by atoms with Crippen LogP contribution >= 0.6 is 0 Å². The van der Waals surface area contributed by atoms with Gasteiger partial charge in [0, 0.05) is 32.3 Å². The predicted octanol–water partition coefficient (Wildman–Crippen LogP) is 0.815. The van der Waals surface area contributed by atoms with Crippen LogP contribution in [0.4, 0.5) is 0 Å². The Morgan fingerprint density at radius 1 is 1.37 bits per heavy atom. The van der Waals surface area contributed by atoms with Crippen LogP contribution < -0.4 is 10.6 Å². The Bertz CT molecular complexity index is 291. The number of methoxy groups -OCH3 is 1. The van der Waals surface area contributed by atoms with Crippen molar-refractivity contribution in [3.05, 3.63) is 0 Å². The van der Waals surface area contributed by atoms with E-state index >= 15 is 0 Å². The maximum absolute atomic E-state index is 5.17. The standard InChI is InChI=1S/C14H28N4O/c1-3-15-14(17-12-6-7-12)16-11-13-5-4-8-18(13)9-10-19-2/h12-13H,3-11H2,1-2H3,(H2,15,16,17). The van der Waals surface area contributed by atoms with Gasteiger partial charge >= 0.3 is 0 Å². The van der Waals surface area contributed by atoms with Gasteiger partial charge in [0.25, 0.3) is 0 Å². The van der Waals surface area contributed by atoms with Crippen molar-refractivity contribution in [3.8, 4) is 0 Å². The van der Waals surface area contributed by atoms with Gasteiger partial charge in [0.1, 0.15) is 0 Å². The minimum atomic E-state index is 0.588. The van der Waals surface area contributed by atoms with Crippen LogP contribution in [-0.4, -0.2) is 62.8 Å². The molecule has 5 nitrogen and oxygen atoms in total. The summed E-state index contributed by atoms with van der Waals surface area (Å²) in [7, 11) is 1.77. The fourth-order valence-electron chi connectivity index (χ4n) is 2.54. The van der Waals surface area contributed by atoms with E-state index in [1.807, 2.05) is 0 Å². The SMILES string of the molecule is CCNC(=NCC1CCCN1CCOC)NC1CC1. The maximum atomic E-state index is 5.17. The molecule has 1 saturated carbocycles. The molecule has 1 aliphatic carbocycles. The van der Waals surface area contributed by atoms with Crippen molar-refractivity contribution >= 4 is 5.96 Å². The molecule has 19 heavy (non-hydrogen) atoms. The van der Waals surface area contributed by atoms with E-state index in [-0.39, 0.29) is 0 Å². The molecule has 0 aromatic rings. The van der Waals surface area contributed by atoms with Gasteiger partial charge in [0.15, 0.2) is 5.96 Å². The molecule has 2 aliphatic rings. The quantitative estimate of drug-likeness (QED) is 0.530. The van der Waals surface area contributed by atoms with Crippen LogP contribution in [0, 0.1) is 0 Å². The zero-order chi connectivity index (χ0) is 13.5. The van der Waals surface area contributed by atoms with Gasteiger partial charge in [-0.2, -0.15) is 0 Å². The summed E-state index contributed by atoms with van der Waals surface area (Å²) in [6.45, 7) is 6.98. The van der Waals surface area contributed by atoms with E-state index in [0.717, 1.165) is 32.2 Å². The van der Waals surface area contributed by atoms with E-state index in [9.17, 15) is 0 Å². The monoisotopic (exact) mass is 268 g/mol. The first-order chi connectivity index (χ1) is 9.33. The molecule has 0 aromatic heterocycles. The first-order valence-corrected chi connectivity index (χ1v) is 7.61. The molecule has 1 aliphatic heterocycles. The summed E-state index contributed by atoms with van der Waals surface area (Å²) in [4.78, 5) is 7.25. The molecule has 1 unspecified atom stereocenters. The molecule has 110 valence electrons. The molecule has 2 N–H and O–H groups in total. The normalized spacial score (nSPS) is 24.7. The number of nitrogens with one attached hydrogen (secondary N) is 2. The van der Waals surface area contributed by atoms with Crippen LogP contribution in [0.5, 0.6) is 0 Å². The van der Waals surface area contributed by atoms with Crippen LogP contribution in [0.25, 0.3) is 0 Å². The Morgan fingerprint density at radius 3 is 2.89 bits per heavy atom. The molecule has 1 saturated heterocycles. The highest BCUT2D eigenvalue weighted by Crippen LogP contribution is 2.19. The number of rotatable bonds is 7. The molecule has 1 atom stereocenters. The predicted molar refractivity (Wildman–Crippen MR) is 78.6 cm³/mol. The lowest BCUT2D eigenvalue weighted by Crippen LogP contribution is -2.40. The van der Waals surface area contributed by atoms with Gasteiger partial charge in [0.05, 0.1) is 13.2 Å². The Morgan fingerprint density at radius 2 is 2.21 bits per heavy atom. The van der Waals surface area contributed by atoms with Gasteiger partial charge in [-0.15, -0.1) is 0 Å². The Balaban J connectivity index is 1.79. The fraction of sp³-hybridized carbons (Fsp3) is 0.929. The second-order valence-corrected chi connectivity index (χ2v) is 5.46. The van der Waals surface area contributed by atoms with Crippen molar-refractivity contribution in [1.29, 1.82) is 0 Å². The third kappa shape index (κ3) is 4.99. The number of aliphatic imine (C=N–C) groups is 1. The van der Waals surface area contributed by atoms with Crippen molar-refractivity contribution in [2.45, 2.75) is 44.7 Å². The van der Waals surface area contributed by atoms with Gasteiger partial charge in [0.2, 0.25) is 0 Å². The number of hydrogen-bond donors (Lipinski definition) is 2. The Labute approximate surface area is 116 Å². The minimum absolute atomic E-state index is 0.588. The summed E-state index contributed by atoms with van der Waals surface area (Å²) in [5, 5.41) is 6.80. The number of nitrogens with zero attached hydrogens (tertiary/aromatic N) is 2. The fourth-order valence-corrected chi connectivity index (χ4v) is 2.54. The van der Waals surface area contributed by atoms with Crippen LogP contribution in [0.2, 0.25) is 0 Å². The highest BCUT2D eigenvalue weighted by Gasteiger charge is 2.25. The summed E-state index contributed by atoms with van der Waals surface area (Å²) in [5.41, 5.74) is 0. The second kappa shape index (κ2) is 7.70. The topological polar surface area (TPSA) is 48.9 Å². The van der Waals surface area contributed by atoms with Crippen molar-refractivity contribution in [1.82, 2.24) is 15.5 Å². The zero-order valence-corrected chi connectivity index (χ0v) is 12.3. The lowest BCUT2D eigenvalue weighted by Gasteiger charge is -2.23. The van der Waals surface area contributed by atoms with Crippen LogP contribution in [0.1, 0.15) is 32.6 Å². The smallest absolute Gasteiger partial charge is 0.191 e. The third-order valence-electron chi connectivity index (χ3n) is 3.80. The first kappa shape index (κ1) is 14.6. The average molecular weight is 268 g/mol. The third-order valence-corrected chi connectivity index (χ3v) is 3.80. The number of likely N-dealkylation sites (tertiary alicyclic amines) is 1. The van der Waals surface area contributed by atoms with Gasteiger partial charge in [-0.3, -0.25) is 9.89 Å². The van der Waals surface area contributed by atoms with E-state index in [2.05, 4.69) is 22.5 Å². The molecule has 2 fully saturated rings. The van der Waals surface area contributed by atoms with Gasteiger partial charge in [-0.25, -0.2) is 0 Å². The Kier molecular flexibility index (Phi) is 5.92. The van der Waals surface area contributed by atoms with Crippen LogP contribution in [0.15, 0.2) is 4.99 Å². The maximum Gasteiger partial charge on any atom is 0.191 e. The van der Waals surface area contributed by atoms with Crippen molar-refractivity contribution in [2.24, 2.45) is 4.99 Å². The van der Waals surface area contributed by atoms with Crippen LogP contribution in [-0.2, 0) is 4.74 Å². The van der Waals surface area contributed by atoms with Gasteiger partial charge < -0.3 is 15.4 Å². The molecule has 0 radical (unpaired) electrons. The number of hydrogen-bond acceptors (Lipinski definition) is 3. The lowest BCUT2D eigenvalue weighted by atomic mass is 10.2. The van der Waals surface area contributed by atoms with Crippen molar-refractivity contribution in [3.63, 3.8) is 0 Å². The molecule has 0 spiro atoms. The molecular weight excluding hydrogens is 240 g/mol. The lowest BCUT2D eigenvalue weighted by molar-refractivity contribution is 0.142. The van der Waals surface area contributed by atoms with Crippen molar-refractivity contribution in [2.75, 3.05) is 39.9 Å². The second-order valence-electron chi connectivity index (χ2n) is 5.46. The summed E-state index contributed by atoms with van der Waals surface area (Å²) >= 11 is 0. The van der Waals surface area contributed by atoms with Gasteiger partial charge in [-0.05, 0) is 39.2 Å². The molecule has 0 aromatic carbocycles. The number of guanidine groups is 1. The average Bonchev–Trinajstić information content (AvgIpc) is 3.11. The zero-order valence-electron chi connectivity index (χ0n) is 12.3. The van der Waals surface area contributed by atoms with E-state index in [0.29, 0.717) is 12.1 Å². The highest BCUT2D eigenvalue weighted by molar-refractivity contribution is 5.80. The highest BCUT2D eigenvalue weighted by atomic mass is 16.5. The summed E-state index contributed by atoms with van der Waals surface area (Å²) in [6, 6.07) is 1.25. The van der Waals surface area contributed by atoms with Gasteiger partial charge in [-0.1, -0.05) is 0 Å². The molecule has 5 heteroatoms. The summed E-state index contributed by atoms with van der Waals surface area (Å²) in [5.74, 6) is 0.989. The Hall–Kier alpha value is -0.810.